The molecule has 0 aliphatic heterocycles. The molecule has 0 aromatic heterocycles. The number of rotatable bonds is 5. The number of ether oxygens (including phenoxy) is 1. The van der Waals surface area contributed by atoms with E-state index in [2.05, 4.69) is 16.7 Å². The zero-order valence-corrected chi connectivity index (χ0v) is 13.2. The molecule has 0 saturated heterocycles. The summed E-state index contributed by atoms with van der Waals surface area (Å²) in [5, 5.41) is 6.57. The first-order valence-electron chi connectivity index (χ1n) is 7.82. The Bertz CT molecular complexity index is 480. The van der Waals surface area contributed by atoms with Crippen molar-refractivity contribution in [3.8, 4) is 0 Å². The van der Waals surface area contributed by atoms with Crippen LogP contribution >= 0.6 is 0 Å². The highest BCUT2D eigenvalue weighted by Crippen LogP contribution is 2.28. The van der Waals surface area contributed by atoms with Crippen molar-refractivity contribution in [1.29, 1.82) is 0 Å². The Morgan fingerprint density at radius 3 is 2.52 bits per heavy atom. The van der Waals surface area contributed by atoms with E-state index in [0.717, 1.165) is 42.6 Å². The van der Waals surface area contributed by atoms with Gasteiger partial charge in [0.05, 0.1) is 6.10 Å². The number of methoxy groups -OCH3 is 1. The fraction of sp³-hybridized carbons (Fsp3) is 0.588. The molecule has 1 aliphatic carbocycles. The van der Waals surface area contributed by atoms with Crippen LogP contribution in [0, 0.1) is 6.92 Å². The lowest BCUT2D eigenvalue weighted by Gasteiger charge is -2.29. The average Bonchev–Trinajstić information content (AvgIpc) is 2.52. The van der Waals surface area contributed by atoms with Crippen LogP contribution in [0.1, 0.15) is 44.6 Å². The molecule has 4 heteroatoms. The van der Waals surface area contributed by atoms with E-state index in [1.807, 2.05) is 26.0 Å². The summed E-state index contributed by atoms with van der Waals surface area (Å²) in [6, 6.07) is 6.52. The molecule has 1 aromatic carbocycles. The molecule has 0 radical (unpaired) electrons. The minimum Gasteiger partial charge on any atom is -0.382 e. The standard InChI is InChI=1S/C17H26N2O2/c1-4-17(20)19-16-7-5-6-15(12(16)2)18-13-8-10-14(21-3)11-9-13/h5-7,13-14,18H,4,8-11H2,1-3H3,(H,19,20). The van der Waals surface area contributed by atoms with Gasteiger partial charge in [0.15, 0.2) is 0 Å². The number of amides is 1. The lowest BCUT2D eigenvalue weighted by molar-refractivity contribution is -0.115. The first-order valence-corrected chi connectivity index (χ1v) is 7.82. The fourth-order valence-electron chi connectivity index (χ4n) is 2.83. The van der Waals surface area contributed by atoms with Crippen LogP contribution < -0.4 is 10.6 Å². The molecule has 0 heterocycles. The second-order valence-corrected chi connectivity index (χ2v) is 5.73. The third kappa shape index (κ3) is 4.21. The highest BCUT2D eigenvalue weighted by Gasteiger charge is 2.21. The number of carbonyl (C=O) groups excluding carboxylic acids is 1. The predicted molar refractivity (Wildman–Crippen MR) is 86.8 cm³/mol. The molecule has 1 fully saturated rings. The van der Waals surface area contributed by atoms with E-state index in [0.29, 0.717) is 18.6 Å². The Balaban J connectivity index is 2.00. The highest BCUT2D eigenvalue weighted by atomic mass is 16.5. The van der Waals surface area contributed by atoms with Crippen LogP contribution in [0.3, 0.4) is 0 Å². The van der Waals surface area contributed by atoms with Crippen molar-refractivity contribution in [3.63, 3.8) is 0 Å². The molecule has 21 heavy (non-hydrogen) atoms. The fourth-order valence-corrected chi connectivity index (χ4v) is 2.83. The first-order chi connectivity index (χ1) is 10.1. The molecular formula is C17H26N2O2. The molecule has 2 N–H and O–H groups in total. The van der Waals surface area contributed by atoms with E-state index in [-0.39, 0.29) is 5.91 Å². The van der Waals surface area contributed by atoms with E-state index in [4.69, 9.17) is 4.74 Å². The Kier molecular flexibility index (Phi) is 5.62. The lowest BCUT2D eigenvalue weighted by atomic mass is 9.92. The van der Waals surface area contributed by atoms with Gasteiger partial charge in [0.2, 0.25) is 5.91 Å². The maximum atomic E-state index is 11.6. The largest absolute Gasteiger partial charge is 0.382 e. The zero-order valence-electron chi connectivity index (χ0n) is 13.2. The maximum Gasteiger partial charge on any atom is 0.224 e. The number of anilines is 2. The topological polar surface area (TPSA) is 50.4 Å². The van der Waals surface area contributed by atoms with Gasteiger partial charge in [-0.2, -0.15) is 0 Å². The molecule has 0 atom stereocenters. The second-order valence-electron chi connectivity index (χ2n) is 5.73. The SMILES string of the molecule is CCC(=O)Nc1cccc(NC2CCC(OC)CC2)c1C. The second kappa shape index (κ2) is 7.46. The quantitative estimate of drug-likeness (QED) is 0.869. The molecule has 1 aliphatic rings. The zero-order chi connectivity index (χ0) is 15.2. The number of hydrogen-bond acceptors (Lipinski definition) is 3. The average molecular weight is 290 g/mol. The van der Waals surface area contributed by atoms with Gasteiger partial charge in [-0.3, -0.25) is 4.79 Å². The molecular weight excluding hydrogens is 264 g/mol. The number of benzene rings is 1. The smallest absolute Gasteiger partial charge is 0.224 e. The maximum absolute atomic E-state index is 11.6. The summed E-state index contributed by atoms with van der Waals surface area (Å²) in [6.45, 7) is 3.91. The Labute approximate surface area is 127 Å². The number of carbonyl (C=O) groups is 1. The van der Waals surface area contributed by atoms with Crippen molar-refractivity contribution < 1.29 is 9.53 Å². The van der Waals surface area contributed by atoms with Crippen LogP contribution in [0.15, 0.2) is 18.2 Å². The number of hydrogen-bond donors (Lipinski definition) is 2. The van der Waals surface area contributed by atoms with Gasteiger partial charge in [0.1, 0.15) is 0 Å². The molecule has 0 bridgehead atoms. The van der Waals surface area contributed by atoms with Gasteiger partial charge in [-0.1, -0.05) is 13.0 Å². The molecule has 0 spiro atoms. The first kappa shape index (κ1) is 15.8. The molecule has 4 nitrogen and oxygen atoms in total. The third-order valence-electron chi connectivity index (χ3n) is 4.30. The summed E-state index contributed by atoms with van der Waals surface area (Å²) in [6.07, 6.45) is 5.39. The van der Waals surface area contributed by atoms with Gasteiger partial charge in [0, 0.05) is 30.9 Å². The van der Waals surface area contributed by atoms with E-state index < -0.39 is 0 Å². The minimum absolute atomic E-state index is 0.0517. The van der Waals surface area contributed by atoms with Crippen molar-refractivity contribution in [2.24, 2.45) is 0 Å². The summed E-state index contributed by atoms with van der Waals surface area (Å²) in [7, 11) is 1.79. The molecule has 1 amide bonds. The van der Waals surface area contributed by atoms with Crippen molar-refractivity contribution in [2.75, 3.05) is 17.7 Å². The Hall–Kier alpha value is -1.55. The molecule has 1 saturated carbocycles. The van der Waals surface area contributed by atoms with Crippen molar-refractivity contribution in [1.82, 2.24) is 0 Å². The van der Waals surface area contributed by atoms with Crippen molar-refractivity contribution in [3.05, 3.63) is 23.8 Å². The predicted octanol–water partition coefficient (Wildman–Crippen LogP) is 3.71. The molecule has 2 rings (SSSR count). The van der Waals surface area contributed by atoms with Crippen LogP contribution in [0.4, 0.5) is 11.4 Å². The highest BCUT2D eigenvalue weighted by molar-refractivity contribution is 5.92. The van der Waals surface area contributed by atoms with E-state index >= 15 is 0 Å². The summed E-state index contributed by atoms with van der Waals surface area (Å²) in [5.74, 6) is 0.0517. The monoisotopic (exact) mass is 290 g/mol. The van der Waals surface area contributed by atoms with Gasteiger partial charge < -0.3 is 15.4 Å². The van der Waals surface area contributed by atoms with Crippen LogP contribution in [-0.4, -0.2) is 25.2 Å². The van der Waals surface area contributed by atoms with Gasteiger partial charge in [-0.05, 0) is 50.3 Å². The minimum atomic E-state index is 0.0517. The lowest BCUT2D eigenvalue weighted by Crippen LogP contribution is -2.29. The number of nitrogens with one attached hydrogen (secondary N) is 2. The van der Waals surface area contributed by atoms with Crippen LogP contribution in [0.25, 0.3) is 0 Å². The van der Waals surface area contributed by atoms with Gasteiger partial charge in [0.25, 0.3) is 0 Å². The van der Waals surface area contributed by atoms with Crippen molar-refractivity contribution >= 4 is 17.3 Å². The van der Waals surface area contributed by atoms with Crippen molar-refractivity contribution in [2.45, 2.75) is 58.1 Å². The summed E-state index contributed by atoms with van der Waals surface area (Å²) >= 11 is 0. The third-order valence-corrected chi connectivity index (χ3v) is 4.30. The van der Waals surface area contributed by atoms with Gasteiger partial charge in [-0.25, -0.2) is 0 Å². The summed E-state index contributed by atoms with van der Waals surface area (Å²) in [4.78, 5) is 11.6. The van der Waals surface area contributed by atoms with Gasteiger partial charge >= 0.3 is 0 Å². The summed E-state index contributed by atoms with van der Waals surface area (Å²) in [5.41, 5.74) is 3.12. The molecule has 1 aromatic rings. The van der Waals surface area contributed by atoms with E-state index in [1.165, 1.54) is 0 Å². The Morgan fingerprint density at radius 1 is 1.24 bits per heavy atom. The molecule has 116 valence electrons. The normalized spacial score (nSPS) is 21.9. The van der Waals surface area contributed by atoms with Crippen LogP contribution in [0.2, 0.25) is 0 Å². The van der Waals surface area contributed by atoms with Gasteiger partial charge in [-0.15, -0.1) is 0 Å². The van der Waals surface area contributed by atoms with Crippen LogP contribution in [-0.2, 0) is 9.53 Å². The molecule has 0 unspecified atom stereocenters. The van der Waals surface area contributed by atoms with Crippen LogP contribution in [0.5, 0.6) is 0 Å². The van der Waals surface area contributed by atoms with E-state index in [9.17, 15) is 4.79 Å². The van der Waals surface area contributed by atoms with E-state index in [1.54, 1.807) is 7.11 Å². The Morgan fingerprint density at radius 2 is 1.90 bits per heavy atom. The summed E-state index contributed by atoms with van der Waals surface area (Å²) < 4.78 is 5.41.